The van der Waals surface area contributed by atoms with Gasteiger partial charge in [-0.2, -0.15) is 0 Å². The summed E-state index contributed by atoms with van der Waals surface area (Å²) in [4.78, 5) is 24.0. The fourth-order valence-electron chi connectivity index (χ4n) is 2.16. The zero-order valence-electron chi connectivity index (χ0n) is 11.0. The van der Waals surface area contributed by atoms with E-state index in [1.165, 1.54) is 0 Å². The SMILES string of the molecule is Cc1nc(N2CCN(C(=O)CO)C[C@H]2C)ncc1Br. The molecule has 6 nitrogen and oxygen atoms in total. The van der Waals surface area contributed by atoms with Crippen LogP contribution in [0.4, 0.5) is 5.95 Å². The first-order valence-electron chi connectivity index (χ1n) is 6.17. The van der Waals surface area contributed by atoms with Crippen LogP contribution in [0.15, 0.2) is 10.7 Å². The Morgan fingerprint density at radius 1 is 1.58 bits per heavy atom. The molecule has 1 N–H and O–H groups in total. The molecule has 1 saturated heterocycles. The number of aryl methyl sites for hydroxylation is 1. The summed E-state index contributed by atoms with van der Waals surface area (Å²) >= 11 is 3.38. The van der Waals surface area contributed by atoms with E-state index in [4.69, 9.17) is 5.11 Å². The number of aliphatic hydroxyl groups excluding tert-OH is 1. The number of nitrogens with zero attached hydrogens (tertiary/aromatic N) is 4. The lowest BCUT2D eigenvalue weighted by atomic mass is 10.2. The van der Waals surface area contributed by atoms with Crippen molar-refractivity contribution in [2.24, 2.45) is 0 Å². The molecule has 7 heteroatoms. The minimum atomic E-state index is -0.430. The Hall–Kier alpha value is -1.21. The lowest BCUT2D eigenvalue weighted by Crippen LogP contribution is -2.54. The van der Waals surface area contributed by atoms with Crippen molar-refractivity contribution >= 4 is 27.8 Å². The third-order valence-electron chi connectivity index (χ3n) is 3.28. The average molecular weight is 329 g/mol. The highest BCUT2D eigenvalue weighted by atomic mass is 79.9. The third-order valence-corrected chi connectivity index (χ3v) is 4.06. The number of hydrogen-bond donors (Lipinski definition) is 1. The van der Waals surface area contributed by atoms with Crippen LogP contribution in [0.1, 0.15) is 12.6 Å². The number of aromatic nitrogens is 2. The van der Waals surface area contributed by atoms with Crippen molar-refractivity contribution in [3.63, 3.8) is 0 Å². The molecule has 0 bridgehead atoms. The van der Waals surface area contributed by atoms with Gasteiger partial charge in [0.15, 0.2) is 0 Å². The van der Waals surface area contributed by atoms with Gasteiger partial charge in [0, 0.05) is 31.9 Å². The van der Waals surface area contributed by atoms with Gasteiger partial charge in [0.25, 0.3) is 0 Å². The molecule has 1 fully saturated rings. The first-order valence-corrected chi connectivity index (χ1v) is 6.96. The lowest BCUT2D eigenvalue weighted by molar-refractivity contribution is -0.134. The molecule has 0 saturated carbocycles. The maximum Gasteiger partial charge on any atom is 0.248 e. The lowest BCUT2D eigenvalue weighted by Gasteiger charge is -2.39. The minimum Gasteiger partial charge on any atom is -0.387 e. The summed E-state index contributed by atoms with van der Waals surface area (Å²) in [5.74, 6) is 0.462. The van der Waals surface area contributed by atoms with Gasteiger partial charge in [-0.15, -0.1) is 0 Å². The van der Waals surface area contributed by atoms with Gasteiger partial charge in [-0.1, -0.05) is 0 Å². The van der Waals surface area contributed by atoms with Crippen molar-refractivity contribution in [1.82, 2.24) is 14.9 Å². The van der Waals surface area contributed by atoms with E-state index in [-0.39, 0.29) is 11.9 Å². The van der Waals surface area contributed by atoms with Crippen molar-refractivity contribution in [3.8, 4) is 0 Å². The number of rotatable bonds is 2. The van der Waals surface area contributed by atoms with Crippen LogP contribution in [0.25, 0.3) is 0 Å². The van der Waals surface area contributed by atoms with Crippen LogP contribution in [-0.4, -0.2) is 58.2 Å². The smallest absolute Gasteiger partial charge is 0.248 e. The quantitative estimate of drug-likeness (QED) is 0.859. The summed E-state index contributed by atoms with van der Waals surface area (Å²) in [5, 5.41) is 8.89. The highest BCUT2D eigenvalue weighted by Crippen LogP contribution is 2.20. The van der Waals surface area contributed by atoms with E-state index in [1.54, 1.807) is 11.1 Å². The average Bonchev–Trinajstić information content (AvgIpc) is 2.41. The molecule has 1 aromatic heterocycles. The van der Waals surface area contributed by atoms with Gasteiger partial charge in [-0.05, 0) is 29.8 Å². The van der Waals surface area contributed by atoms with E-state index >= 15 is 0 Å². The molecule has 0 aliphatic carbocycles. The highest BCUT2D eigenvalue weighted by Gasteiger charge is 2.27. The second-order valence-electron chi connectivity index (χ2n) is 4.64. The molecule has 104 valence electrons. The van der Waals surface area contributed by atoms with Crippen LogP contribution in [0.5, 0.6) is 0 Å². The van der Waals surface area contributed by atoms with Crippen LogP contribution in [0, 0.1) is 6.92 Å². The van der Waals surface area contributed by atoms with E-state index in [0.29, 0.717) is 25.6 Å². The van der Waals surface area contributed by atoms with Gasteiger partial charge in [-0.3, -0.25) is 4.79 Å². The largest absolute Gasteiger partial charge is 0.387 e. The Balaban J connectivity index is 2.11. The van der Waals surface area contributed by atoms with Gasteiger partial charge in [0.2, 0.25) is 11.9 Å². The predicted octanol–water partition coefficient (Wildman–Crippen LogP) is 0.577. The maximum atomic E-state index is 11.5. The first kappa shape index (κ1) is 14.2. The van der Waals surface area contributed by atoms with Crippen molar-refractivity contribution in [2.45, 2.75) is 19.9 Å². The van der Waals surface area contributed by atoms with Crippen molar-refractivity contribution in [2.75, 3.05) is 31.1 Å². The molecule has 1 aliphatic heterocycles. The summed E-state index contributed by atoms with van der Waals surface area (Å²) in [5.41, 5.74) is 0.895. The summed E-state index contributed by atoms with van der Waals surface area (Å²) in [6.07, 6.45) is 1.75. The van der Waals surface area contributed by atoms with Gasteiger partial charge in [0.1, 0.15) is 6.61 Å². The second kappa shape index (κ2) is 5.83. The van der Waals surface area contributed by atoms with Crippen LogP contribution >= 0.6 is 15.9 Å². The number of carbonyl (C=O) groups excluding carboxylic acids is 1. The topological polar surface area (TPSA) is 69.6 Å². The number of carbonyl (C=O) groups is 1. The number of amides is 1. The Kier molecular flexibility index (Phi) is 4.36. The number of hydrogen-bond acceptors (Lipinski definition) is 5. The number of piperazine rings is 1. The van der Waals surface area contributed by atoms with Crippen molar-refractivity contribution in [1.29, 1.82) is 0 Å². The molecule has 1 atom stereocenters. The number of halogens is 1. The molecule has 0 spiro atoms. The van der Waals surface area contributed by atoms with Gasteiger partial charge in [0.05, 0.1) is 10.2 Å². The van der Waals surface area contributed by atoms with Gasteiger partial charge >= 0.3 is 0 Å². The maximum absolute atomic E-state index is 11.5. The summed E-state index contributed by atoms with van der Waals surface area (Å²) in [6, 6.07) is 0.129. The molecule has 2 heterocycles. The fraction of sp³-hybridized carbons (Fsp3) is 0.583. The van der Waals surface area contributed by atoms with Crippen LogP contribution < -0.4 is 4.90 Å². The normalized spacial score (nSPS) is 19.7. The molecule has 1 amide bonds. The van der Waals surface area contributed by atoms with Crippen LogP contribution in [0.3, 0.4) is 0 Å². The minimum absolute atomic E-state index is 0.129. The molecular formula is C12H17BrN4O2. The zero-order chi connectivity index (χ0) is 14.0. The predicted molar refractivity (Wildman–Crippen MR) is 74.9 cm³/mol. The molecule has 0 aromatic carbocycles. The van der Waals surface area contributed by atoms with E-state index in [9.17, 15) is 4.79 Å². The highest BCUT2D eigenvalue weighted by molar-refractivity contribution is 9.10. The monoisotopic (exact) mass is 328 g/mol. The van der Waals surface area contributed by atoms with Crippen molar-refractivity contribution < 1.29 is 9.90 Å². The Morgan fingerprint density at radius 2 is 2.32 bits per heavy atom. The zero-order valence-corrected chi connectivity index (χ0v) is 12.6. The van der Waals surface area contributed by atoms with E-state index < -0.39 is 6.61 Å². The number of anilines is 1. The standard InChI is InChI=1S/C12H17BrN4O2/c1-8-6-16(11(19)7-18)3-4-17(8)12-14-5-10(13)9(2)15-12/h5,8,18H,3-4,6-7H2,1-2H3/t8-/m1/s1. The first-order chi connectivity index (χ1) is 9.02. The summed E-state index contributed by atoms with van der Waals surface area (Å²) in [6.45, 7) is 5.36. The molecule has 1 aliphatic rings. The second-order valence-corrected chi connectivity index (χ2v) is 5.50. The van der Waals surface area contributed by atoms with E-state index in [1.807, 2.05) is 13.8 Å². The summed E-state index contributed by atoms with van der Waals surface area (Å²) in [7, 11) is 0. The van der Waals surface area contributed by atoms with Crippen LogP contribution in [-0.2, 0) is 4.79 Å². The summed E-state index contributed by atoms with van der Waals surface area (Å²) < 4.78 is 0.887. The Bertz CT molecular complexity index is 483. The molecule has 1 aromatic rings. The Morgan fingerprint density at radius 3 is 2.89 bits per heavy atom. The Labute approximate surface area is 120 Å². The van der Waals surface area contributed by atoms with Crippen molar-refractivity contribution in [3.05, 3.63) is 16.4 Å². The van der Waals surface area contributed by atoms with Gasteiger partial charge in [-0.25, -0.2) is 9.97 Å². The van der Waals surface area contributed by atoms with E-state index in [0.717, 1.165) is 10.2 Å². The number of aliphatic hydroxyl groups is 1. The fourth-order valence-corrected chi connectivity index (χ4v) is 2.35. The van der Waals surface area contributed by atoms with Gasteiger partial charge < -0.3 is 14.9 Å². The van der Waals surface area contributed by atoms with Crippen LogP contribution in [0.2, 0.25) is 0 Å². The molecule has 19 heavy (non-hydrogen) atoms. The molecule has 0 radical (unpaired) electrons. The molecule has 2 rings (SSSR count). The van der Waals surface area contributed by atoms with E-state index in [2.05, 4.69) is 30.8 Å². The molecular weight excluding hydrogens is 312 g/mol. The molecule has 0 unspecified atom stereocenters. The third kappa shape index (κ3) is 3.03.